The van der Waals surface area contributed by atoms with E-state index >= 15 is 0 Å². The molecule has 1 aromatic carbocycles. The van der Waals surface area contributed by atoms with Crippen LogP contribution in [-0.2, 0) is 11.2 Å². The molecule has 2 rings (SSSR count). The molecule has 0 atom stereocenters. The summed E-state index contributed by atoms with van der Waals surface area (Å²) in [4.78, 5) is 11.9. The lowest BCUT2D eigenvalue weighted by Gasteiger charge is -2.07. The van der Waals surface area contributed by atoms with E-state index in [-0.39, 0.29) is 5.97 Å². The molecule has 2 N–H and O–H groups in total. The van der Waals surface area contributed by atoms with Gasteiger partial charge in [-0.15, -0.1) is 5.10 Å². The van der Waals surface area contributed by atoms with Crippen molar-refractivity contribution in [1.29, 1.82) is 0 Å². The Kier molecular flexibility index (Phi) is 5.39. The normalized spacial score (nSPS) is 10.6. The number of aryl methyl sites for hydroxylation is 1. The second-order valence-electron chi connectivity index (χ2n) is 4.59. The van der Waals surface area contributed by atoms with Gasteiger partial charge in [0.2, 0.25) is 0 Å². The average Bonchev–Trinajstić information content (AvgIpc) is 2.99. The zero-order valence-electron chi connectivity index (χ0n) is 12.0. The predicted molar refractivity (Wildman–Crippen MR) is 77.1 cm³/mol. The SMILES string of the molecule is CCCOC(=O)c1cccc(-n2nnnc2CCCN)c1. The van der Waals surface area contributed by atoms with Crippen molar-refractivity contribution in [3.63, 3.8) is 0 Å². The molecule has 0 aliphatic carbocycles. The Hall–Kier alpha value is -2.28. The van der Waals surface area contributed by atoms with Crippen molar-refractivity contribution in [2.24, 2.45) is 5.73 Å². The molecule has 0 saturated heterocycles. The summed E-state index contributed by atoms with van der Waals surface area (Å²) in [7, 11) is 0. The van der Waals surface area contributed by atoms with Gasteiger partial charge in [-0.2, -0.15) is 4.68 Å². The molecule has 0 amide bonds. The molecule has 0 fully saturated rings. The highest BCUT2D eigenvalue weighted by atomic mass is 16.5. The van der Waals surface area contributed by atoms with Crippen LogP contribution in [0, 0.1) is 0 Å². The number of hydrogen-bond donors (Lipinski definition) is 1. The quantitative estimate of drug-likeness (QED) is 0.767. The molecule has 0 aliphatic heterocycles. The van der Waals surface area contributed by atoms with Crippen molar-refractivity contribution in [2.75, 3.05) is 13.2 Å². The monoisotopic (exact) mass is 289 g/mol. The largest absolute Gasteiger partial charge is 0.462 e. The van der Waals surface area contributed by atoms with Crippen LogP contribution in [-0.4, -0.2) is 39.3 Å². The van der Waals surface area contributed by atoms with Gasteiger partial charge in [0.15, 0.2) is 5.82 Å². The number of hydrogen-bond acceptors (Lipinski definition) is 6. The number of carbonyl (C=O) groups excluding carboxylic acids is 1. The van der Waals surface area contributed by atoms with Crippen LogP contribution in [0.4, 0.5) is 0 Å². The molecule has 0 radical (unpaired) electrons. The van der Waals surface area contributed by atoms with E-state index in [1.807, 2.05) is 13.0 Å². The first-order chi connectivity index (χ1) is 10.3. The molecule has 0 aliphatic rings. The van der Waals surface area contributed by atoms with E-state index in [2.05, 4.69) is 15.5 Å². The first-order valence-electron chi connectivity index (χ1n) is 7.01. The van der Waals surface area contributed by atoms with Crippen LogP contribution in [0.1, 0.15) is 35.9 Å². The summed E-state index contributed by atoms with van der Waals surface area (Å²) in [5, 5.41) is 11.6. The molecule has 0 unspecified atom stereocenters. The van der Waals surface area contributed by atoms with E-state index in [0.717, 1.165) is 24.4 Å². The predicted octanol–water partition coefficient (Wildman–Crippen LogP) is 1.12. The Morgan fingerprint density at radius 1 is 1.43 bits per heavy atom. The van der Waals surface area contributed by atoms with E-state index < -0.39 is 0 Å². The van der Waals surface area contributed by atoms with Gasteiger partial charge in [-0.3, -0.25) is 0 Å². The van der Waals surface area contributed by atoms with Crippen molar-refractivity contribution in [1.82, 2.24) is 20.2 Å². The molecule has 0 spiro atoms. The molecule has 112 valence electrons. The van der Waals surface area contributed by atoms with Crippen molar-refractivity contribution in [3.05, 3.63) is 35.7 Å². The highest BCUT2D eigenvalue weighted by Crippen LogP contribution is 2.13. The molecule has 1 heterocycles. The Balaban J connectivity index is 2.21. The van der Waals surface area contributed by atoms with Crippen molar-refractivity contribution < 1.29 is 9.53 Å². The van der Waals surface area contributed by atoms with E-state index in [1.54, 1.807) is 22.9 Å². The summed E-state index contributed by atoms with van der Waals surface area (Å²) >= 11 is 0. The highest BCUT2D eigenvalue weighted by molar-refractivity contribution is 5.90. The fraction of sp³-hybridized carbons (Fsp3) is 0.429. The van der Waals surface area contributed by atoms with Crippen LogP contribution in [0.5, 0.6) is 0 Å². The van der Waals surface area contributed by atoms with Crippen molar-refractivity contribution >= 4 is 5.97 Å². The first-order valence-corrected chi connectivity index (χ1v) is 7.01. The molecule has 0 bridgehead atoms. The minimum atomic E-state index is -0.338. The van der Waals surface area contributed by atoms with Gasteiger partial charge in [0.25, 0.3) is 0 Å². The van der Waals surface area contributed by atoms with Gasteiger partial charge in [-0.1, -0.05) is 13.0 Å². The summed E-state index contributed by atoms with van der Waals surface area (Å²) in [6, 6.07) is 7.07. The van der Waals surface area contributed by atoms with E-state index in [4.69, 9.17) is 10.5 Å². The van der Waals surface area contributed by atoms with Gasteiger partial charge in [0, 0.05) is 6.42 Å². The number of benzene rings is 1. The molecule has 2 aromatic rings. The molecule has 21 heavy (non-hydrogen) atoms. The Morgan fingerprint density at radius 3 is 3.05 bits per heavy atom. The molecule has 1 aromatic heterocycles. The summed E-state index contributed by atoms with van der Waals surface area (Å²) in [6.45, 7) is 2.94. The van der Waals surface area contributed by atoms with Crippen LogP contribution in [0.15, 0.2) is 24.3 Å². The van der Waals surface area contributed by atoms with Crippen LogP contribution in [0.3, 0.4) is 0 Å². The summed E-state index contributed by atoms with van der Waals surface area (Å²) in [5.41, 5.74) is 6.73. The summed E-state index contributed by atoms with van der Waals surface area (Å²) < 4.78 is 6.75. The molecule has 7 heteroatoms. The highest BCUT2D eigenvalue weighted by Gasteiger charge is 2.11. The minimum absolute atomic E-state index is 0.338. The van der Waals surface area contributed by atoms with Crippen LogP contribution >= 0.6 is 0 Å². The van der Waals surface area contributed by atoms with E-state index in [1.165, 1.54) is 0 Å². The van der Waals surface area contributed by atoms with Crippen LogP contribution in [0.2, 0.25) is 0 Å². The third kappa shape index (κ3) is 3.85. The molecular formula is C14H19N5O2. The fourth-order valence-electron chi connectivity index (χ4n) is 1.87. The maximum absolute atomic E-state index is 11.9. The van der Waals surface area contributed by atoms with Crippen LogP contribution < -0.4 is 5.73 Å². The standard InChI is InChI=1S/C14H19N5O2/c1-2-9-21-14(20)11-5-3-6-12(10-11)19-13(7-4-8-15)16-17-18-19/h3,5-6,10H,2,4,7-9,15H2,1H3. The number of ether oxygens (including phenoxy) is 1. The maximum atomic E-state index is 11.9. The number of rotatable bonds is 7. The molecular weight excluding hydrogens is 270 g/mol. The van der Waals surface area contributed by atoms with Gasteiger partial charge in [0.1, 0.15) is 0 Å². The number of esters is 1. The Morgan fingerprint density at radius 2 is 2.29 bits per heavy atom. The van der Waals surface area contributed by atoms with Gasteiger partial charge < -0.3 is 10.5 Å². The smallest absolute Gasteiger partial charge is 0.338 e. The van der Waals surface area contributed by atoms with E-state index in [0.29, 0.717) is 25.1 Å². The van der Waals surface area contributed by atoms with Gasteiger partial charge in [-0.25, -0.2) is 4.79 Å². The minimum Gasteiger partial charge on any atom is -0.462 e. The van der Waals surface area contributed by atoms with E-state index in [9.17, 15) is 4.79 Å². The topological polar surface area (TPSA) is 95.9 Å². The Labute approximate surface area is 123 Å². The number of aromatic nitrogens is 4. The van der Waals surface area contributed by atoms with Crippen LogP contribution in [0.25, 0.3) is 5.69 Å². The van der Waals surface area contributed by atoms with Gasteiger partial charge in [-0.05, 0) is 48.0 Å². The lowest BCUT2D eigenvalue weighted by atomic mass is 10.2. The molecule has 7 nitrogen and oxygen atoms in total. The van der Waals surface area contributed by atoms with Gasteiger partial charge in [0.05, 0.1) is 17.9 Å². The third-order valence-corrected chi connectivity index (χ3v) is 2.90. The Bertz CT molecular complexity index is 597. The number of nitrogens with two attached hydrogens (primary N) is 1. The lowest BCUT2D eigenvalue weighted by Crippen LogP contribution is -2.09. The number of tetrazole rings is 1. The zero-order chi connectivity index (χ0) is 15.1. The second kappa shape index (κ2) is 7.49. The molecule has 0 saturated carbocycles. The maximum Gasteiger partial charge on any atom is 0.338 e. The third-order valence-electron chi connectivity index (χ3n) is 2.90. The lowest BCUT2D eigenvalue weighted by molar-refractivity contribution is 0.0505. The van der Waals surface area contributed by atoms with Gasteiger partial charge >= 0.3 is 5.97 Å². The van der Waals surface area contributed by atoms with Crippen molar-refractivity contribution in [3.8, 4) is 5.69 Å². The number of nitrogens with zero attached hydrogens (tertiary/aromatic N) is 4. The second-order valence-corrected chi connectivity index (χ2v) is 4.59. The average molecular weight is 289 g/mol. The number of carbonyl (C=O) groups is 1. The zero-order valence-corrected chi connectivity index (χ0v) is 12.0. The fourth-order valence-corrected chi connectivity index (χ4v) is 1.87. The summed E-state index contributed by atoms with van der Waals surface area (Å²) in [5.74, 6) is 0.384. The summed E-state index contributed by atoms with van der Waals surface area (Å²) in [6.07, 6.45) is 2.29. The van der Waals surface area contributed by atoms with Crippen molar-refractivity contribution in [2.45, 2.75) is 26.2 Å². The first kappa shape index (κ1) is 15.1.